The van der Waals surface area contributed by atoms with Crippen molar-refractivity contribution in [3.05, 3.63) is 0 Å². The maximum absolute atomic E-state index is 13.3. The lowest BCUT2D eigenvalue weighted by Crippen LogP contribution is -2.61. The molecule has 0 aromatic rings. The van der Waals surface area contributed by atoms with Crippen LogP contribution in [0.4, 0.5) is 30.7 Å². The SMILES string of the molecule is CCCC[C@H](NC(=O)C(F)(F)C(F)(F)C(F)(F)F)C(=O)OCCC. The van der Waals surface area contributed by atoms with Crippen LogP contribution in [0.1, 0.15) is 39.5 Å². The van der Waals surface area contributed by atoms with Gasteiger partial charge in [-0.1, -0.05) is 26.7 Å². The van der Waals surface area contributed by atoms with Crippen LogP contribution in [0.15, 0.2) is 0 Å². The Kier molecular flexibility index (Phi) is 7.97. The van der Waals surface area contributed by atoms with Gasteiger partial charge in [-0.3, -0.25) is 4.79 Å². The summed E-state index contributed by atoms with van der Waals surface area (Å²) in [6.45, 7) is 3.15. The average Bonchev–Trinajstić information content (AvgIpc) is 2.47. The maximum Gasteiger partial charge on any atom is 0.460 e. The van der Waals surface area contributed by atoms with E-state index < -0.39 is 35.9 Å². The molecular weight excluding hydrogens is 351 g/mol. The van der Waals surface area contributed by atoms with Gasteiger partial charge in [-0.25, -0.2) is 4.79 Å². The van der Waals surface area contributed by atoms with Gasteiger partial charge < -0.3 is 10.1 Å². The van der Waals surface area contributed by atoms with Crippen LogP contribution in [0, 0.1) is 0 Å². The molecular formula is C13H18F7NO3. The zero-order valence-corrected chi connectivity index (χ0v) is 13.0. The van der Waals surface area contributed by atoms with Gasteiger partial charge in [0.2, 0.25) is 0 Å². The fourth-order valence-corrected chi connectivity index (χ4v) is 1.53. The maximum atomic E-state index is 13.3. The largest absolute Gasteiger partial charge is 0.464 e. The quantitative estimate of drug-likeness (QED) is 0.500. The molecule has 0 aliphatic carbocycles. The second-order valence-electron chi connectivity index (χ2n) is 4.98. The molecule has 0 aliphatic rings. The summed E-state index contributed by atoms with van der Waals surface area (Å²) < 4.78 is 92.9. The van der Waals surface area contributed by atoms with Crippen molar-refractivity contribution in [3.63, 3.8) is 0 Å². The predicted molar refractivity (Wildman–Crippen MR) is 68.7 cm³/mol. The summed E-state index contributed by atoms with van der Waals surface area (Å²) >= 11 is 0. The zero-order valence-electron chi connectivity index (χ0n) is 13.0. The Hall–Kier alpha value is -1.55. The lowest BCUT2D eigenvalue weighted by Gasteiger charge is -2.28. The monoisotopic (exact) mass is 369 g/mol. The molecule has 0 aromatic carbocycles. The second kappa shape index (κ2) is 8.52. The number of carbonyl (C=O) groups is 2. The van der Waals surface area contributed by atoms with Crippen LogP contribution in [0.25, 0.3) is 0 Å². The molecule has 0 saturated heterocycles. The molecule has 0 aromatic heterocycles. The van der Waals surface area contributed by atoms with Gasteiger partial charge in [0.25, 0.3) is 5.91 Å². The summed E-state index contributed by atoms with van der Waals surface area (Å²) in [5, 5.41) is 1.24. The molecule has 0 rings (SSSR count). The van der Waals surface area contributed by atoms with Crippen molar-refractivity contribution in [1.82, 2.24) is 5.32 Å². The first-order chi connectivity index (χ1) is 10.8. The molecule has 0 fully saturated rings. The molecule has 0 unspecified atom stereocenters. The standard InChI is InChI=1S/C13H18F7NO3/c1-3-5-6-8(9(22)24-7-4-2)21-10(23)11(14,15)12(16,17)13(18,19)20/h8H,3-7H2,1-2H3,(H,21,23)/t8-/m0/s1. The van der Waals surface area contributed by atoms with Gasteiger partial charge >= 0.3 is 24.0 Å². The highest BCUT2D eigenvalue weighted by Crippen LogP contribution is 2.46. The number of alkyl halides is 7. The third-order valence-electron chi connectivity index (χ3n) is 2.92. The summed E-state index contributed by atoms with van der Waals surface area (Å²) in [4.78, 5) is 22.9. The molecule has 0 aliphatic heterocycles. The number of nitrogens with one attached hydrogen (secondary N) is 1. The first-order valence-electron chi connectivity index (χ1n) is 7.12. The van der Waals surface area contributed by atoms with Gasteiger partial charge in [-0.2, -0.15) is 30.7 Å². The molecule has 11 heteroatoms. The van der Waals surface area contributed by atoms with Crippen LogP contribution in [-0.4, -0.2) is 42.5 Å². The number of unbranched alkanes of at least 4 members (excludes halogenated alkanes) is 1. The van der Waals surface area contributed by atoms with Gasteiger partial charge in [0.05, 0.1) is 6.61 Å². The van der Waals surface area contributed by atoms with Crippen LogP contribution >= 0.6 is 0 Å². The molecule has 1 N–H and O–H groups in total. The number of esters is 1. The summed E-state index contributed by atoms with van der Waals surface area (Å²) in [6.07, 6.45) is -5.81. The molecule has 0 spiro atoms. The minimum absolute atomic E-state index is 0.119. The molecule has 1 amide bonds. The molecule has 0 heterocycles. The van der Waals surface area contributed by atoms with E-state index in [0.717, 1.165) is 0 Å². The van der Waals surface area contributed by atoms with Gasteiger partial charge in [-0.15, -0.1) is 0 Å². The molecule has 24 heavy (non-hydrogen) atoms. The highest BCUT2D eigenvalue weighted by Gasteiger charge is 2.76. The summed E-state index contributed by atoms with van der Waals surface area (Å²) in [7, 11) is 0. The van der Waals surface area contributed by atoms with Crippen molar-refractivity contribution >= 4 is 11.9 Å². The van der Waals surface area contributed by atoms with E-state index in [1.807, 2.05) is 0 Å². The molecule has 0 bridgehead atoms. The smallest absolute Gasteiger partial charge is 0.460 e. The van der Waals surface area contributed by atoms with Crippen LogP contribution in [-0.2, 0) is 14.3 Å². The molecule has 0 radical (unpaired) electrons. The Labute approximate surface area is 133 Å². The third-order valence-corrected chi connectivity index (χ3v) is 2.92. The molecule has 142 valence electrons. The van der Waals surface area contributed by atoms with Crippen LogP contribution in [0.3, 0.4) is 0 Å². The number of rotatable bonds is 9. The number of hydrogen-bond acceptors (Lipinski definition) is 3. The Bertz CT molecular complexity index is 438. The minimum Gasteiger partial charge on any atom is -0.464 e. The number of hydrogen-bond donors (Lipinski definition) is 1. The van der Waals surface area contributed by atoms with E-state index in [1.54, 1.807) is 13.8 Å². The Balaban J connectivity index is 5.25. The van der Waals surface area contributed by atoms with Gasteiger partial charge in [0, 0.05) is 0 Å². The first-order valence-corrected chi connectivity index (χ1v) is 7.12. The van der Waals surface area contributed by atoms with Gasteiger partial charge in [-0.05, 0) is 12.8 Å². The normalized spacial score (nSPS) is 14.2. The van der Waals surface area contributed by atoms with E-state index in [9.17, 15) is 40.3 Å². The topological polar surface area (TPSA) is 55.4 Å². The summed E-state index contributed by atoms with van der Waals surface area (Å²) in [5.74, 6) is -16.7. The summed E-state index contributed by atoms with van der Waals surface area (Å²) in [6, 6.07) is -1.74. The van der Waals surface area contributed by atoms with Crippen molar-refractivity contribution in [1.29, 1.82) is 0 Å². The molecule has 4 nitrogen and oxygen atoms in total. The highest BCUT2D eigenvalue weighted by atomic mass is 19.4. The van der Waals surface area contributed by atoms with Gasteiger partial charge in [0.1, 0.15) is 6.04 Å². The second-order valence-corrected chi connectivity index (χ2v) is 4.98. The minimum atomic E-state index is -6.63. The Morgan fingerprint density at radius 1 is 1.00 bits per heavy atom. The summed E-state index contributed by atoms with van der Waals surface area (Å²) in [5.41, 5.74) is 0. The lowest BCUT2D eigenvalue weighted by molar-refractivity contribution is -0.344. The van der Waals surface area contributed by atoms with E-state index in [0.29, 0.717) is 12.8 Å². The highest BCUT2D eigenvalue weighted by molar-refractivity contribution is 5.89. The van der Waals surface area contributed by atoms with Crippen molar-refractivity contribution in [3.8, 4) is 0 Å². The van der Waals surface area contributed by atoms with Crippen LogP contribution in [0.5, 0.6) is 0 Å². The van der Waals surface area contributed by atoms with E-state index >= 15 is 0 Å². The number of amides is 1. The van der Waals surface area contributed by atoms with Crippen LogP contribution < -0.4 is 5.32 Å². The van der Waals surface area contributed by atoms with E-state index in [1.165, 1.54) is 5.32 Å². The average molecular weight is 369 g/mol. The molecule has 0 saturated carbocycles. The predicted octanol–water partition coefficient (Wildman–Crippen LogP) is 3.45. The van der Waals surface area contributed by atoms with E-state index in [2.05, 4.69) is 4.74 Å². The van der Waals surface area contributed by atoms with Crippen LogP contribution in [0.2, 0.25) is 0 Å². The van der Waals surface area contributed by atoms with E-state index in [-0.39, 0.29) is 19.4 Å². The fraction of sp³-hybridized carbons (Fsp3) is 0.846. The Morgan fingerprint density at radius 3 is 1.96 bits per heavy atom. The zero-order chi connectivity index (χ0) is 19.2. The number of carbonyl (C=O) groups excluding carboxylic acids is 2. The van der Waals surface area contributed by atoms with Crippen molar-refractivity contribution in [2.45, 2.75) is 63.6 Å². The van der Waals surface area contributed by atoms with E-state index in [4.69, 9.17) is 0 Å². The van der Waals surface area contributed by atoms with Crippen molar-refractivity contribution < 1.29 is 45.1 Å². The van der Waals surface area contributed by atoms with Gasteiger partial charge in [0.15, 0.2) is 0 Å². The van der Waals surface area contributed by atoms with Crippen molar-refractivity contribution in [2.24, 2.45) is 0 Å². The first kappa shape index (κ1) is 22.4. The van der Waals surface area contributed by atoms with Crippen molar-refractivity contribution in [2.75, 3.05) is 6.61 Å². The fourth-order valence-electron chi connectivity index (χ4n) is 1.53. The number of ether oxygens (including phenoxy) is 1. The Morgan fingerprint density at radius 2 is 1.54 bits per heavy atom. The molecule has 1 atom stereocenters. The third kappa shape index (κ3) is 5.23. The number of halogens is 7. The lowest BCUT2D eigenvalue weighted by atomic mass is 10.1.